The molecule has 8 nitrogen and oxygen atoms in total. The molecule has 1 aliphatic heterocycles. The Morgan fingerprint density at radius 2 is 2.07 bits per heavy atom. The summed E-state index contributed by atoms with van der Waals surface area (Å²) in [7, 11) is 1.60. The quantitative estimate of drug-likeness (QED) is 0.508. The smallest absolute Gasteiger partial charge is 0.243 e. The number of Topliss-reactive ketones (excluding diaryl/α,β-unsaturated/α-hetero) is 1. The Morgan fingerprint density at radius 3 is 2.67 bits per heavy atom. The number of aliphatic hydroxyl groups excluding tert-OH is 1. The van der Waals surface area contributed by atoms with Gasteiger partial charge in [-0.1, -0.05) is 23.9 Å². The number of thioether (sulfide) groups is 1. The number of benzene rings is 1. The number of amides is 1. The summed E-state index contributed by atoms with van der Waals surface area (Å²) in [5.41, 5.74) is 0.474. The van der Waals surface area contributed by atoms with Gasteiger partial charge >= 0.3 is 0 Å². The zero-order valence-electron chi connectivity index (χ0n) is 17.5. The van der Waals surface area contributed by atoms with Crippen molar-refractivity contribution in [3.8, 4) is 5.75 Å². The second-order valence-corrected chi connectivity index (χ2v) is 8.42. The van der Waals surface area contributed by atoms with Crippen molar-refractivity contribution in [3.05, 3.63) is 41.6 Å². The first kappa shape index (κ1) is 22.0. The summed E-state index contributed by atoms with van der Waals surface area (Å²) in [5.74, 6) is 0.636. The van der Waals surface area contributed by atoms with E-state index in [4.69, 9.17) is 4.74 Å². The molecular formula is C21H26N4O4S. The van der Waals surface area contributed by atoms with Gasteiger partial charge in [0, 0.05) is 19.2 Å². The third-order valence-electron chi connectivity index (χ3n) is 5.12. The number of ether oxygens (including phenoxy) is 1. The van der Waals surface area contributed by atoms with Gasteiger partial charge in [0.2, 0.25) is 5.91 Å². The van der Waals surface area contributed by atoms with Gasteiger partial charge in [0.1, 0.15) is 17.6 Å². The van der Waals surface area contributed by atoms with Gasteiger partial charge < -0.3 is 20.1 Å². The monoisotopic (exact) mass is 430 g/mol. The van der Waals surface area contributed by atoms with Gasteiger partial charge in [0.25, 0.3) is 0 Å². The number of nitrogens with one attached hydrogen (secondary N) is 1. The van der Waals surface area contributed by atoms with Crippen LogP contribution in [0.5, 0.6) is 5.75 Å². The molecule has 160 valence electrons. The maximum Gasteiger partial charge on any atom is 0.243 e. The maximum atomic E-state index is 13.1. The van der Waals surface area contributed by atoms with Crippen molar-refractivity contribution in [1.82, 2.24) is 15.3 Å². The average molecular weight is 431 g/mol. The molecule has 0 spiro atoms. The predicted octanol–water partition coefficient (Wildman–Crippen LogP) is 2.06. The summed E-state index contributed by atoms with van der Waals surface area (Å²) < 4.78 is 5.15. The molecule has 2 N–H and O–H groups in total. The first-order valence-electron chi connectivity index (χ1n) is 9.55. The summed E-state index contributed by atoms with van der Waals surface area (Å²) in [5, 5.41) is 13.4. The third kappa shape index (κ3) is 4.41. The standard InChI is InChI=1S/C21H26N4O4S/c1-21(2,12-26)25-16(9-17(27)15-11-23-20(30-4)24-18(15)25)19(28)22-10-13-5-7-14(29-3)8-6-13/h5-8,11,16,26H,9-10,12H2,1-4H3,(H,22,28). The number of aliphatic hydroxyl groups is 1. The lowest BCUT2D eigenvalue weighted by atomic mass is 9.91. The number of carbonyl (C=O) groups is 2. The van der Waals surface area contributed by atoms with E-state index in [0.29, 0.717) is 23.1 Å². The highest BCUT2D eigenvalue weighted by molar-refractivity contribution is 7.98. The van der Waals surface area contributed by atoms with Crippen LogP contribution in [-0.2, 0) is 11.3 Å². The number of hydrogen-bond donors (Lipinski definition) is 2. The molecule has 1 aromatic heterocycles. The molecule has 0 aliphatic carbocycles. The molecule has 3 rings (SSSR count). The van der Waals surface area contributed by atoms with Crippen molar-refractivity contribution in [2.75, 3.05) is 24.9 Å². The van der Waals surface area contributed by atoms with Crippen LogP contribution in [0.2, 0.25) is 0 Å². The van der Waals surface area contributed by atoms with Crippen molar-refractivity contribution in [2.24, 2.45) is 0 Å². The number of nitrogens with zero attached hydrogens (tertiary/aromatic N) is 3. The minimum absolute atomic E-state index is 0.00709. The first-order valence-corrected chi connectivity index (χ1v) is 10.8. The minimum Gasteiger partial charge on any atom is -0.497 e. The van der Waals surface area contributed by atoms with E-state index in [-0.39, 0.29) is 24.7 Å². The van der Waals surface area contributed by atoms with E-state index in [0.717, 1.165) is 11.3 Å². The molecule has 30 heavy (non-hydrogen) atoms. The fourth-order valence-electron chi connectivity index (χ4n) is 3.41. The van der Waals surface area contributed by atoms with Crippen LogP contribution in [0.1, 0.15) is 36.2 Å². The number of hydrogen-bond acceptors (Lipinski definition) is 8. The zero-order chi connectivity index (χ0) is 21.9. The molecule has 2 heterocycles. The van der Waals surface area contributed by atoms with Crippen LogP contribution in [0.25, 0.3) is 0 Å². The molecule has 0 fully saturated rings. The second kappa shape index (κ2) is 9.01. The van der Waals surface area contributed by atoms with E-state index in [9.17, 15) is 14.7 Å². The number of aromatic nitrogens is 2. The van der Waals surface area contributed by atoms with Gasteiger partial charge in [0.05, 0.1) is 24.8 Å². The van der Waals surface area contributed by atoms with Crippen molar-refractivity contribution in [3.63, 3.8) is 0 Å². The molecule has 1 aliphatic rings. The lowest BCUT2D eigenvalue weighted by molar-refractivity contribution is -0.123. The van der Waals surface area contributed by atoms with Crippen LogP contribution in [-0.4, -0.2) is 58.3 Å². The van der Waals surface area contributed by atoms with Gasteiger partial charge in [0.15, 0.2) is 10.9 Å². The van der Waals surface area contributed by atoms with Crippen LogP contribution >= 0.6 is 11.8 Å². The SMILES string of the molecule is COc1ccc(CNC(=O)C2CC(=O)c3cnc(SC)nc3N2C(C)(C)CO)cc1. The molecule has 1 amide bonds. The number of carbonyl (C=O) groups excluding carboxylic acids is 2. The molecule has 1 atom stereocenters. The molecule has 0 radical (unpaired) electrons. The molecular weight excluding hydrogens is 404 g/mol. The highest BCUT2D eigenvalue weighted by Gasteiger charge is 2.44. The van der Waals surface area contributed by atoms with Crippen LogP contribution in [0.3, 0.4) is 0 Å². The number of rotatable bonds is 7. The number of fused-ring (bicyclic) bond motifs is 1. The largest absolute Gasteiger partial charge is 0.497 e. The fourth-order valence-corrected chi connectivity index (χ4v) is 3.74. The summed E-state index contributed by atoms with van der Waals surface area (Å²) in [4.78, 5) is 36.3. The van der Waals surface area contributed by atoms with E-state index in [2.05, 4.69) is 15.3 Å². The molecule has 0 saturated carbocycles. The van der Waals surface area contributed by atoms with Gasteiger partial charge in [-0.2, -0.15) is 0 Å². The van der Waals surface area contributed by atoms with E-state index in [1.54, 1.807) is 12.0 Å². The lowest BCUT2D eigenvalue weighted by Gasteiger charge is -2.45. The third-order valence-corrected chi connectivity index (χ3v) is 5.68. The predicted molar refractivity (Wildman–Crippen MR) is 115 cm³/mol. The lowest BCUT2D eigenvalue weighted by Crippen LogP contribution is -2.60. The van der Waals surface area contributed by atoms with Crippen LogP contribution in [0, 0.1) is 0 Å². The van der Waals surface area contributed by atoms with Gasteiger partial charge in [-0.3, -0.25) is 9.59 Å². The molecule has 1 aromatic carbocycles. The van der Waals surface area contributed by atoms with Crippen molar-refractivity contribution in [2.45, 2.75) is 43.6 Å². The zero-order valence-corrected chi connectivity index (χ0v) is 18.3. The Bertz CT molecular complexity index is 933. The summed E-state index contributed by atoms with van der Waals surface area (Å²) in [6.45, 7) is 3.74. The Morgan fingerprint density at radius 1 is 1.37 bits per heavy atom. The van der Waals surface area contributed by atoms with E-state index in [1.165, 1.54) is 18.0 Å². The van der Waals surface area contributed by atoms with Crippen molar-refractivity contribution in [1.29, 1.82) is 0 Å². The van der Waals surface area contributed by atoms with Crippen molar-refractivity contribution < 1.29 is 19.4 Å². The minimum atomic E-state index is -0.804. The molecule has 0 saturated heterocycles. The van der Waals surface area contributed by atoms with Crippen LogP contribution in [0.4, 0.5) is 5.82 Å². The highest BCUT2D eigenvalue weighted by atomic mass is 32.2. The summed E-state index contributed by atoms with van der Waals surface area (Å²) >= 11 is 1.35. The second-order valence-electron chi connectivity index (χ2n) is 7.64. The topological polar surface area (TPSA) is 105 Å². The fraction of sp³-hybridized carbons (Fsp3) is 0.429. The number of ketones is 1. The molecule has 1 unspecified atom stereocenters. The highest BCUT2D eigenvalue weighted by Crippen LogP contribution is 2.35. The normalized spacial score (nSPS) is 16.2. The van der Waals surface area contributed by atoms with E-state index in [1.807, 2.05) is 44.4 Å². The first-order chi connectivity index (χ1) is 14.3. The van der Waals surface area contributed by atoms with Gasteiger partial charge in [-0.05, 0) is 37.8 Å². The Labute approximate surface area is 180 Å². The molecule has 2 aromatic rings. The number of methoxy groups -OCH3 is 1. The molecule has 9 heteroatoms. The Kier molecular flexibility index (Phi) is 6.62. The Hall–Kier alpha value is -2.65. The average Bonchev–Trinajstić information content (AvgIpc) is 2.76. The van der Waals surface area contributed by atoms with Crippen LogP contribution in [0.15, 0.2) is 35.6 Å². The van der Waals surface area contributed by atoms with Crippen molar-refractivity contribution >= 4 is 29.3 Å². The Balaban J connectivity index is 1.89. The van der Waals surface area contributed by atoms with E-state index < -0.39 is 11.6 Å². The maximum absolute atomic E-state index is 13.1. The number of anilines is 1. The van der Waals surface area contributed by atoms with Crippen LogP contribution < -0.4 is 15.0 Å². The summed E-state index contributed by atoms with van der Waals surface area (Å²) in [6.07, 6.45) is 3.34. The van der Waals surface area contributed by atoms with Gasteiger partial charge in [-0.25, -0.2) is 9.97 Å². The van der Waals surface area contributed by atoms with E-state index >= 15 is 0 Å². The van der Waals surface area contributed by atoms with Gasteiger partial charge in [-0.15, -0.1) is 0 Å². The molecule has 0 bridgehead atoms. The summed E-state index contributed by atoms with van der Waals surface area (Å²) in [6, 6.07) is 6.60.